The molecule has 1 aromatic rings. The summed E-state index contributed by atoms with van der Waals surface area (Å²) in [4.78, 5) is 0. The Morgan fingerprint density at radius 2 is 2.06 bits per heavy atom. The monoisotopic (exact) mass is 269 g/mol. The zero-order valence-electron chi connectivity index (χ0n) is 10.9. The second-order valence-electron chi connectivity index (χ2n) is 4.73. The minimum atomic E-state index is -1.88. The van der Waals surface area contributed by atoms with Crippen molar-refractivity contribution in [3.63, 3.8) is 0 Å². The first kappa shape index (κ1) is 13.1. The molecule has 2 nitrogen and oxygen atoms in total. The number of nitrogens with zero attached hydrogens (tertiary/aromatic N) is 1. The molecular formula is C13H20NOPS. The molecule has 0 fully saturated rings. The van der Waals surface area contributed by atoms with Crippen molar-refractivity contribution in [1.82, 2.24) is 4.67 Å². The van der Waals surface area contributed by atoms with E-state index in [4.69, 9.17) is 16.3 Å². The van der Waals surface area contributed by atoms with Crippen LogP contribution < -0.4 is 4.52 Å². The van der Waals surface area contributed by atoms with E-state index in [0.29, 0.717) is 12.1 Å². The predicted molar refractivity (Wildman–Crippen MR) is 77.3 cm³/mol. The van der Waals surface area contributed by atoms with E-state index in [9.17, 15) is 0 Å². The summed E-state index contributed by atoms with van der Waals surface area (Å²) in [5, 5.41) is 0. The summed E-state index contributed by atoms with van der Waals surface area (Å²) in [5.74, 6) is 0.988. The molecule has 0 N–H and O–H groups in total. The largest absolute Gasteiger partial charge is 0.453 e. The Kier molecular flexibility index (Phi) is 3.63. The average molecular weight is 269 g/mol. The minimum Gasteiger partial charge on any atom is -0.453 e. The van der Waals surface area contributed by atoms with Crippen molar-refractivity contribution in [3.05, 3.63) is 29.8 Å². The smallest absolute Gasteiger partial charge is 0.181 e. The second-order valence-corrected chi connectivity index (χ2v) is 9.00. The van der Waals surface area contributed by atoms with Crippen LogP contribution in [0.2, 0.25) is 0 Å². The second kappa shape index (κ2) is 4.72. The van der Waals surface area contributed by atoms with Gasteiger partial charge in [-0.2, -0.15) is 0 Å². The number of fused-ring (bicyclic) bond motifs is 1. The van der Waals surface area contributed by atoms with Crippen LogP contribution >= 0.6 is 6.42 Å². The number of rotatable bonds is 2. The van der Waals surface area contributed by atoms with E-state index >= 15 is 0 Å². The normalized spacial score (nSPS) is 28.9. The van der Waals surface area contributed by atoms with Gasteiger partial charge in [-0.3, -0.25) is 0 Å². The van der Waals surface area contributed by atoms with E-state index in [1.54, 1.807) is 0 Å². The Labute approximate surface area is 109 Å². The molecule has 0 radical (unpaired) electrons. The lowest BCUT2D eigenvalue weighted by molar-refractivity contribution is 0.266. The third-order valence-corrected chi connectivity index (χ3v) is 7.64. The number of benzene rings is 1. The highest BCUT2D eigenvalue weighted by Gasteiger charge is 2.38. The van der Waals surface area contributed by atoms with E-state index in [1.165, 1.54) is 5.56 Å². The standard InChI is InChI=1S/C13H20NOPS/c1-5-16(17)14(10(2)3)11(4)12-8-6-7-9-13(12)15-16/h6-11H,5H2,1-4H3. The van der Waals surface area contributed by atoms with Crippen LogP contribution in [-0.2, 0) is 11.8 Å². The van der Waals surface area contributed by atoms with Gasteiger partial charge in [0.15, 0.2) is 6.42 Å². The van der Waals surface area contributed by atoms with Crippen LogP contribution in [0.1, 0.15) is 39.3 Å². The zero-order chi connectivity index (χ0) is 12.6. The van der Waals surface area contributed by atoms with E-state index in [2.05, 4.69) is 44.5 Å². The highest BCUT2D eigenvalue weighted by Crippen LogP contribution is 2.60. The van der Waals surface area contributed by atoms with Crippen molar-refractivity contribution in [3.8, 4) is 5.75 Å². The van der Waals surface area contributed by atoms with Gasteiger partial charge in [-0.25, -0.2) is 4.67 Å². The van der Waals surface area contributed by atoms with Gasteiger partial charge in [-0.05, 0) is 38.6 Å². The SMILES string of the molecule is CCP1(=S)Oc2ccccc2C(C)N1C(C)C. The topological polar surface area (TPSA) is 12.5 Å². The molecule has 2 rings (SSSR count). The van der Waals surface area contributed by atoms with Gasteiger partial charge in [-0.15, -0.1) is 0 Å². The zero-order valence-corrected chi connectivity index (χ0v) is 12.6. The van der Waals surface area contributed by atoms with E-state index < -0.39 is 6.42 Å². The number of hydrogen-bond acceptors (Lipinski definition) is 2. The van der Waals surface area contributed by atoms with Gasteiger partial charge >= 0.3 is 0 Å². The van der Waals surface area contributed by atoms with Gasteiger partial charge < -0.3 is 4.52 Å². The molecule has 0 aromatic heterocycles. The summed E-state index contributed by atoms with van der Waals surface area (Å²) >= 11 is 5.82. The molecule has 0 bridgehead atoms. The maximum absolute atomic E-state index is 6.16. The first-order valence-electron chi connectivity index (χ1n) is 6.16. The molecule has 0 saturated carbocycles. The number of hydrogen-bond donors (Lipinski definition) is 0. The average Bonchev–Trinajstić information content (AvgIpc) is 2.28. The van der Waals surface area contributed by atoms with Crippen LogP contribution in [0.25, 0.3) is 0 Å². The summed E-state index contributed by atoms with van der Waals surface area (Å²) < 4.78 is 8.56. The molecule has 0 amide bonds. The molecule has 17 heavy (non-hydrogen) atoms. The fourth-order valence-corrected chi connectivity index (χ4v) is 6.15. The summed E-state index contributed by atoms with van der Waals surface area (Å²) in [6.45, 7) is 8.77. The molecule has 1 aliphatic heterocycles. The van der Waals surface area contributed by atoms with Crippen LogP contribution in [0.5, 0.6) is 5.75 Å². The summed E-state index contributed by atoms with van der Waals surface area (Å²) in [6.07, 6.45) is -0.967. The summed E-state index contributed by atoms with van der Waals surface area (Å²) in [6, 6.07) is 9.04. The Hall–Kier alpha value is -0.370. The lowest BCUT2D eigenvalue weighted by Gasteiger charge is -2.45. The molecule has 1 aromatic carbocycles. The van der Waals surface area contributed by atoms with Crippen LogP contribution in [-0.4, -0.2) is 16.9 Å². The molecule has 2 unspecified atom stereocenters. The Morgan fingerprint density at radius 1 is 1.41 bits per heavy atom. The highest BCUT2D eigenvalue weighted by atomic mass is 32.4. The van der Waals surface area contributed by atoms with Crippen molar-refractivity contribution in [2.24, 2.45) is 0 Å². The fraction of sp³-hybridized carbons (Fsp3) is 0.538. The minimum absolute atomic E-state index is 0.353. The summed E-state index contributed by atoms with van der Waals surface area (Å²) in [7, 11) is 0. The van der Waals surface area contributed by atoms with Gasteiger partial charge in [0.2, 0.25) is 0 Å². The summed E-state index contributed by atoms with van der Waals surface area (Å²) in [5.41, 5.74) is 1.26. The lowest BCUT2D eigenvalue weighted by Crippen LogP contribution is -2.36. The Balaban J connectivity index is 2.52. The molecule has 0 aliphatic carbocycles. The molecule has 94 valence electrons. The van der Waals surface area contributed by atoms with E-state index in [0.717, 1.165) is 11.9 Å². The molecule has 1 heterocycles. The van der Waals surface area contributed by atoms with Gasteiger partial charge in [0.1, 0.15) is 5.75 Å². The van der Waals surface area contributed by atoms with Crippen molar-refractivity contribution < 1.29 is 4.52 Å². The fourth-order valence-electron chi connectivity index (χ4n) is 2.54. The van der Waals surface area contributed by atoms with Crippen molar-refractivity contribution in [1.29, 1.82) is 0 Å². The highest BCUT2D eigenvalue weighted by molar-refractivity contribution is 8.11. The molecule has 4 heteroatoms. The number of para-hydroxylation sites is 1. The molecular weight excluding hydrogens is 249 g/mol. The van der Waals surface area contributed by atoms with Crippen molar-refractivity contribution in [2.45, 2.75) is 39.8 Å². The van der Waals surface area contributed by atoms with E-state index in [-0.39, 0.29) is 0 Å². The lowest BCUT2D eigenvalue weighted by atomic mass is 10.1. The van der Waals surface area contributed by atoms with Crippen molar-refractivity contribution in [2.75, 3.05) is 6.16 Å². The van der Waals surface area contributed by atoms with E-state index in [1.807, 2.05) is 12.1 Å². The molecule has 2 atom stereocenters. The molecule has 0 spiro atoms. The van der Waals surface area contributed by atoms with Crippen LogP contribution in [0, 0.1) is 0 Å². The third-order valence-electron chi connectivity index (χ3n) is 3.29. The first-order valence-corrected chi connectivity index (χ1v) is 9.02. The van der Waals surface area contributed by atoms with Crippen LogP contribution in [0.15, 0.2) is 24.3 Å². The quantitative estimate of drug-likeness (QED) is 0.747. The van der Waals surface area contributed by atoms with Crippen LogP contribution in [0.4, 0.5) is 0 Å². The molecule has 0 saturated heterocycles. The Bertz CT molecular complexity index is 460. The van der Waals surface area contributed by atoms with Gasteiger partial charge in [0.05, 0.1) is 0 Å². The Morgan fingerprint density at radius 3 is 2.65 bits per heavy atom. The van der Waals surface area contributed by atoms with Gasteiger partial charge in [0, 0.05) is 23.8 Å². The molecule has 1 aliphatic rings. The predicted octanol–water partition coefficient (Wildman–Crippen LogP) is 4.18. The first-order chi connectivity index (χ1) is 7.99. The maximum atomic E-state index is 6.16. The van der Waals surface area contributed by atoms with Gasteiger partial charge in [-0.1, -0.05) is 25.1 Å². The maximum Gasteiger partial charge on any atom is 0.181 e. The van der Waals surface area contributed by atoms with Gasteiger partial charge in [0.25, 0.3) is 0 Å². The third kappa shape index (κ3) is 2.16. The van der Waals surface area contributed by atoms with Crippen LogP contribution in [0.3, 0.4) is 0 Å². The van der Waals surface area contributed by atoms with Crippen molar-refractivity contribution >= 4 is 18.2 Å².